The van der Waals surface area contributed by atoms with Crippen molar-refractivity contribution in [3.05, 3.63) is 141 Å². The Hall–Kier alpha value is -11.7. The van der Waals surface area contributed by atoms with E-state index in [4.69, 9.17) is 48.4 Å². The molecule has 4 aromatic carbocycles. The summed E-state index contributed by atoms with van der Waals surface area (Å²) in [6, 6.07) is 20.4. The molecule has 146 heavy (non-hydrogen) atoms. The number of carbonyl (C=O) groups is 8. The SMILES string of the molecule is COC(=O)N1c2ccc3c(nc([C@@H](O)CC4CCCC4)n3[C@@H]3CCC[C@@H](C(C)=O)C3)c2CC[C@@H]1C.COC(=O)N1c2ccc3c(nc([C@@H](O)c4cc5c(cn4)OCC5)n3[C@@H]3CCC[C@@H](C(C)=O)C3)c2CC[C@@H]1C.COC(=O)N1c2ccc3c(nc([C@H](O)C4CCCCC4)n3[C@@H]3CCC[C@@H](C(C)=O)C3)c2CC[C@@H]1C.COC(=O)N1c2ccc3c(nc([C@H](O)c4cc5c(cn4)OCC5)n3[C@@H]3CCC[C@@H](C(C)=O)C3)c2CC[C@@H]1C. The Balaban J connectivity index is 0.000000123. The molecule has 0 bridgehead atoms. The van der Waals surface area contributed by atoms with Crippen molar-refractivity contribution in [3.8, 4) is 11.5 Å². The monoisotopic (exact) mass is 2000 g/mol. The number of pyridine rings is 2. The van der Waals surface area contributed by atoms with Gasteiger partial charge < -0.3 is 67.1 Å². The molecule has 10 aromatic rings. The number of imidazole rings is 4. The molecule has 6 aliphatic carbocycles. The molecule has 0 spiro atoms. The molecule has 0 unspecified atom stereocenters. The molecule has 0 radical (unpaired) electrons. The molecular weight excluding hydrogens is 1850 g/mol. The van der Waals surface area contributed by atoms with E-state index in [0.717, 1.165) is 310 Å². The van der Waals surface area contributed by atoms with Crippen LogP contribution in [0.3, 0.4) is 0 Å². The Bertz CT molecular complexity index is 6370. The Morgan fingerprint density at radius 1 is 0.356 bits per heavy atom. The number of amides is 4. The Morgan fingerprint density at radius 3 is 0.966 bits per heavy atom. The summed E-state index contributed by atoms with van der Waals surface area (Å²) < 4.78 is 40.4. The van der Waals surface area contributed by atoms with Crippen molar-refractivity contribution in [3.63, 3.8) is 0 Å². The summed E-state index contributed by atoms with van der Waals surface area (Å²) in [7, 11) is 5.63. The standard InChI is InChI=1S/2C29H34N4O5.2C28H39N3O4/c2*1-16-7-8-21-23(32(16)29(36)37-3)9-10-24-26(21)31-28(33(24)20-6-4-5-18(13-20)17(2)34)27(35)22-14-19-11-12-38-25(19)15-30-22;1-17-11-12-22-23(30(17)28(34)35-3)13-14-24-26(22)29-27(25(33)15-19-7-4-5-8-19)31(24)21-10-6-9-20(16-21)18(2)32;1-17-12-13-22-23(30(17)28(34)35-3)14-15-24-25(22)29-27(26(33)19-8-5-4-6-9-19)31(24)21-11-7-10-20(16-21)18(2)32/h2*9-10,14-16,18,20,27,35H,4-8,11-13H2,1-3H3;13-14,17,19-21,25,33H,4-12,15-16H2,1-3H3;14-15,17,19-21,26,33H,4-13,16H2,1-3H3/t16-,18+,20+,27+;16-,18+,20+,27-;17-,20+,21+,25-;17-,20+,21+,26+/m0000/s1. The molecule has 16 atom stereocenters. The second kappa shape index (κ2) is 44.0. The van der Waals surface area contributed by atoms with Gasteiger partial charge in [0.1, 0.15) is 70.1 Å². The minimum Gasteiger partial charge on any atom is -0.491 e. The number of benzene rings is 4. The second-order valence-corrected chi connectivity index (χ2v) is 43.7. The van der Waals surface area contributed by atoms with Gasteiger partial charge in [-0.2, -0.15) is 0 Å². The van der Waals surface area contributed by atoms with E-state index in [1.54, 1.807) is 59.7 Å². The van der Waals surface area contributed by atoms with Crippen LogP contribution in [0.5, 0.6) is 11.5 Å². The average molecular weight is 2000 g/mol. The number of aliphatic hydroxyl groups excluding tert-OH is 4. The summed E-state index contributed by atoms with van der Waals surface area (Å²) in [5, 5.41) is 46.5. The van der Waals surface area contributed by atoms with Crippen LogP contribution in [0.25, 0.3) is 44.1 Å². The number of Topliss-reactive ketones (excluding diaryl/α,β-unsaturated/α-hetero) is 4. The van der Waals surface area contributed by atoms with Crippen LogP contribution in [0.2, 0.25) is 0 Å². The Labute approximate surface area is 853 Å². The molecule has 4 amide bonds. The van der Waals surface area contributed by atoms with E-state index in [1.165, 1.54) is 60.5 Å². The first-order valence-corrected chi connectivity index (χ1v) is 54.1. The third kappa shape index (κ3) is 20.0. The molecule has 6 fully saturated rings. The Morgan fingerprint density at radius 2 is 0.651 bits per heavy atom. The third-order valence-electron chi connectivity index (χ3n) is 34.7. The Kier molecular flexibility index (Phi) is 31.0. The van der Waals surface area contributed by atoms with E-state index in [2.05, 4.69) is 40.4 Å². The number of rotatable bonds is 17. The maximum Gasteiger partial charge on any atom is 0.414 e. The number of methoxy groups -OCH3 is 4. The minimum absolute atomic E-state index is 0.000228. The highest BCUT2D eigenvalue weighted by Crippen LogP contribution is 2.51. The van der Waals surface area contributed by atoms with Crippen LogP contribution < -0.4 is 29.1 Å². The van der Waals surface area contributed by atoms with Gasteiger partial charge in [0.15, 0.2) is 12.2 Å². The highest BCUT2D eigenvalue weighted by atomic mass is 16.6. The maximum atomic E-state index is 12.7. The fourth-order valence-electron chi connectivity index (χ4n) is 26.7. The largest absolute Gasteiger partial charge is 0.491 e. The van der Waals surface area contributed by atoms with Crippen molar-refractivity contribution in [2.45, 2.75) is 359 Å². The first kappa shape index (κ1) is 103. The summed E-state index contributed by atoms with van der Waals surface area (Å²) in [5.41, 5.74) is 17.7. The number of hydrogen-bond acceptors (Lipinski definition) is 24. The molecule has 22 rings (SSSR count). The number of aryl methyl sites for hydroxylation is 4. The van der Waals surface area contributed by atoms with Crippen LogP contribution in [0.1, 0.15) is 365 Å². The lowest BCUT2D eigenvalue weighted by molar-refractivity contribution is -0.122. The lowest BCUT2D eigenvalue weighted by atomic mass is 9.82. The number of aromatic nitrogens is 10. The summed E-state index contributed by atoms with van der Waals surface area (Å²) >= 11 is 0. The van der Waals surface area contributed by atoms with Crippen molar-refractivity contribution < 1.29 is 87.2 Å². The second-order valence-electron chi connectivity index (χ2n) is 43.7. The highest BCUT2D eigenvalue weighted by molar-refractivity contribution is 6.00. The van der Waals surface area contributed by atoms with Crippen LogP contribution in [0.4, 0.5) is 41.9 Å². The number of anilines is 4. The molecule has 32 heteroatoms. The van der Waals surface area contributed by atoms with Gasteiger partial charge in [-0.25, -0.2) is 39.1 Å². The molecule has 780 valence electrons. The minimum atomic E-state index is -1.04. The quantitative estimate of drug-likeness (QED) is 0.0615. The lowest BCUT2D eigenvalue weighted by Gasteiger charge is -2.34. The fraction of sp³-hybridized carbons (Fsp3) is 0.596. The molecular formula is C114H146N14O18. The zero-order valence-corrected chi connectivity index (χ0v) is 87.0. The summed E-state index contributed by atoms with van der Waals surface area (Å²) in [4.78, 5) is 136. The number of ether oxygens (including phenoxy) is 6. The van der Waals surface area contributed by atoms with E-state index >= 15 is 0 Å². The summed E-state index contributed by atoms with van der Waals surface area (Å²) in [5.74, 6) is 5.88. The van der Waals surface area contributed by atoms with Crippen LogP contribution in [-0.4, -0.2) is 182 Å². The molecule has 0 saturated heterocycles. The first-order valence-electron chi connectivity index (χ1n) is 54.1. The van der Waals surface area contributed by atoms with Crippen LogP contribution in [0, 0.1) is 35.5 Å². The van der Waals surface area contributed by atoms with Crippen molar-refractivity contribution in [1.29, 1.82) is 0 Å². The summed E-state index contributed by atoms with van der Waals surface area (Å²) in [6.45, 7) is 16.1. The van der Waals surface area contributed by atoms with Crippen LogP contribution in [-0.2, 0) is 76.7 Å². The van der Waals surface area contributed by atoms with Gasteiger partial charge in [-0.1, -0.05) is 70.6 Å². The molecule has 12 aliphatic rings. The predicted octanol–water partition coefficient (Wildman–Crippen LogP) is 21.1. The normalized spacial score (nSPS) is 24.8. The maximum absolute atomic E-state index is 12.7. The average Bonchev–Trinajstić information content (AvgIpc) is 1.59. The molecule has 6 saturated carbocycles. The van der Waals surface area contributed by atoms with Crippen LogP contribution >= 0.6 is 0 Å². The number of carbonyl (C=O) groups excluding carboxylic acids is 8. The summed E-state index contributed by atoms with van der Waals surface area (Å²) in [6.07, 6.45) is 32.1. The van der Waals surface area contributed by atoms with Crippen LogP contribution in [0.15, 0.2) is 73.1 Å². The number of fused-ring (bicyclic) bond motifs is 14. The van der Waals surface area contributed by atoms with Gasteiger partial charge in [0.25, 0.3) is 0 Å². The van der Waals surface area contributed by atoms with E-state index < -0.39 is 36.6 Å². The van der Waals surface area contributed by atoms with Gasteiger partial charge in [0, 0.05) is 118 Å². The topological polar surface area (TPSA) is 383 Å². The third-order valence-corrected chi connectivity index (χ3v) is 34.7. The number of aliphatic hydroxyl groups is 4. The number of ketones is 4. The van der Waals surface area contributed by atoms with Gasteiger partial charge >= 0.3 is 24.4 Å². The fourth-order valence-corrected chi connectivity index (χ4v) is 26.7. The lowest BCUT2D eigenvalue weighted by Crippen LogP contribution is -2.42. The van der Waals surface area contributed by atoms with E-state index in [-0.39, 0.29) is 113 Å². The molecule has 12 heterocycles. The van der Waals surface area contributed by atoms with E-state index in [1.807, 2.05) is 76.2 Å². The van der Waals surface area contributed by atoms with E-state index in [9.17, 15) is 58.8 Å². The molecule has 6 aromatic heterocycles. The number of hydrogen-bond donors (Lipinski definition) is 4. The van der Waals surface area contributed by atoms with E-state index in [0.29, 0.717) is 55.0 Å². The predicted molar refractivity (Wildman–Crippen MR) is 554 cm³/mol. The van der Waals surface area contributed by atoms with Crippen molar-refractivity contribution in [1.82, 2.24) is 48.2 Å². The first-order chi connectivity index (χ1) is 70.5. The highest BCUT2D eigenvalue weighted by Gasteiger charge is 2.44. The van der Waals surface area contributed by atoms with Crippen molar-refractivity contribution in [2.24, 2.45) is 35.5 Å². The van der Waals surface area contributed by atoms with Gasteiger partial charge in [-0.3, -0.25) is 48.7 Å². The zero-order valence-electron chi connectivity index (χ0n) is 87.0. The van der Waals surface area contributed by atoms with Gasteiger partial charge in [0.2, 0.25) is 0 Å². The number of nitrogens with zero attached hydrogens (tertiary/aromatic N) is 14. The molecule has 32 nitrogen and oxygen atoms in total. The van der Waals surface area contributed by atoms with Gasteiger partial charge in [-0.15, -0.1) is 0 Å². The van der Waals surface area contributed by atoms with Gasteiger partial charge in [0.05, 0.1) is 132 Å². The van der Waals surface area contributed by atoms with Gasteiger partial charge in [-0.05, 0) is 276 Å². The molecule has 4 N–H and O–H groups in total. The smallest absolute Gasteiger partial charge is 0.414 e. The van der Waals surface area contributed by atoms with Crippen molar-refractivity contribution in [2.75, 3.05) is 61.3 Å². The zero-order chi connectivity index (χ0) is 102. The van der Waals surface area contributed by atoms with Crippen molar-refractivity contribution >= 4 is 114 Å². The molecule has 6 aliphatic heterocycles.